The normalized spacial score (nSPS) is 12.2. The van der Waals surface area contributed by atoms with Gasteiger partial charge in [-0.25, -0.2) is 13.4 Å². The van der Waals surface area contributed by atoms with Gasteiger partial charge in [0.1, 0.15) is 6.61 Å². The van der Waals surface area contributed by atoms with Crippen LogP contribution in [-0.2, 0) is 21.8 Å². The van der Waals surface area contributed by atoms with E-state index in [-0.39, 0.29) is 6.61 Å². The van der Waals surface area contributed by atoms with Gasteiger partial charge in [0.05, 0.1) is 5.56 Å². The summed E-state index contributed by atoms with van der Waals surface area (Å²) in [5.74, 6) is -0.474. The van der Waals surface area contributed by atoms with Crippen molar-refractivity contribution in [1.29, 1.82) is 0 Å². The minimum atomic E-state index is -4.75. The number of nitrogens with zero attached hydrogens (tertiary/aromatic N) is 1. The number of rotatable bonds is 4. The van der Waals surface area contributed by atoms with E-state index in [2.05, 4.69) is 4.98 Å². The van der Waals surface area contributed by atoms with E-state index in [4.69, 9.17) is 15.4 Å². The molecule has 0 aliphatic carbocycles. The second-order valence-corrected chi connectivity index (χ2v) is 6.75. The van der Waals surface area contributed by atoms with Crippen molar-refractivity contribution in [2.45, 2.75) is 17.8 Å². The van der Waals surface area contributed by atoms with E-state index in [9.17, 15) is 21.6 Å². The fourth-order valence-corrected chi connectivity index (χ4v) is 2.28. The molecule has 0 saturated heterocycles. The molecule has 0 bridgehead atoms. The van der Waals surface area contributed by atoms with E-state index in [0.29, 0.717) is 17.7 Å². The predicted molar refractivity (Wildman–Crippen MR) is 73.1 cm³/mol. The fraction of sp³-hybridized carbons (Fsp3) is 0.154. The topological polar surface area (TPSA) is 56.3 Å². The molecule has 0 aliphatic heterocycles. The fourth-order valence-electron chi connectivity index (χ4n) is 1.57. The number of halogens is 4. The highest BCUT2D eigenvalue weighted by Crippen LogP contribution is 2.33. The minimum absolute atomic E-state index is 0.0586. The van der Waals surface area contributed by atoms with Crippen LogP contribution in [0.25, 0.3) is 0 Å². The van der Waals surface area contributed by atoms with E-state index >= 15 is 0 Å². The van der Waals surface area contributed by atoms with Crippen LogP contribution in [0.4, 0.5) is 13.2 Å². The average Bonchev–Trinajstić information content (AvgIpc) is 2.44. The number of hydrogen-bond acceptors (Lipinski definition) is 4. The molecule has 1 aromatic carbocycles. The quantitative estimate of drug-likeness (QED) is 0.790. The molecular weight excluding hydrogens is 343 g/mol. The third kappa shape index (κ3) is 4.35. The van der Waals surface area contributed by atoms with Gasteiger partial charge in [-0.1, -0.05) is 30.3 Å². The van der Waals surface area contributed by atoms with E-state index in [1.807, 2.05) is 0 Å². The van der Waals surface area contributed by atoms with Crippen molar-refractivity contribution in [3.8, 4) is 5.88 Å². The summed E-state index contributed by atoms with van der Waals surface area (Å²) in [6.07, 6.45) is -4.75. The summed E-state index contributed by atoms with van der Waals surface area (Å²) in [4.78, 5) is 3.49. The average molecular weight is 352 g/mol. The minimum Gasteiger partial charge on any atom is -0.473 e. The van der Waals surface area contributed by atoms with E-state index in [0.717, 1.165) is 0 Å². The highest BCUT2D eigenvalue weighted by Gasteiger charge is 2.33. The summed E-state index contributed by atoms with van der Waals surface area (Å²) in [7, 11) is 0.647. The molecule has 1 aromatic heterocycles. The molecule has 0 atom stereocenters. The van der Waals surface area contributed by atoms with Crippen LogP contribution in [0.1, 0.15) is 11.1 Å². The molecule has 22 heavy (non-hydrogen) atoms. The first-order chi connectivity index (χ1) is 10.2. The maximum absolute atomic E-state index is 12.8. The first-order valence-corrected chi connectivity index (χ1v) is 8.18. The lowest BCUT2D eigenvalue weighted by molar-refractivity contribution is -0.138. The second-order valence-electron chi connectivity index (χ2n) is 4.24. The van der Waals surface area contributed by atoms with Gasteiger partial charge in [0.15, 0.2) is 5.03 Å². The van der Waals surface area contributed by atoms with Crippen molar-refractivity contribution in [2.75, 3.05) is 0 Å². The van der Waals surface area contributed by atoms with Crippen LogP contribution in [0.15, 0.2) is 47.5 Å². The third-order valence-electron chi connectivity index (χ3n) is 2.59. The highest BCUT2D eigenvalue weighted by atomic mass is 35.7. The van der Waals surface area contributed by atoms with Crippen LogP contribution in [-0.4, -0.2) is 13.4 Å². The zero-order valence-electron chi connectivity index (χ0n) is 10.8. The lowest BCUT2D eigenvalue weighted by Crippen LogP contribution is -2.09. The molecule has 0 N–H and O–H groups in total. The summed E-state index contributed by atoms with van der Waals surface area (Å²) >= 11 is 0. The van der Waals surface area contributed by atoms with Gasteiger partial charge in [0.25, 0.3) is 9.05 Å². The first kappa shape index (κ1) is 16.6. The van der Waals surface area contributed by atoms with Crippen molar-refractivity contribution in [2.24, 2.45) is 0 Å². The van der Waals surface area contributed by atoms with Crippen molar-refractivity contribution >= 4 is 19.7 Å². The molecule has 0 fully saturated rings. The zero-order valence-corrected chi connectivity index (χ0v) is 12.4. The number of ether oxygens (including phenoxy) is 1. The third-order valence-corrected chi connectivity index (χ3v) is 3.77. The Balaban J connectivity index is 2.34. The van der Waals surface area contributed by atoms with Crippen molar-refractivity contribution in [1.82, 2.24) is 4.98 Å². The van der Waals surface area contributed by atoms with Gasteiger partial charge in [0, 0.05) is 16.7 Å². The number of benzene rings is 1. The number of alkyl halides is 3. The number of hydrogen-bond donors (Lipinski definition) is 0. The Morgan fingerprint density at radius 2 is 1.77 bits per heavy atom. The smallest absolute Gasteiger partial charge is 0.416 e. The summed E-state index contributed by atoms with van der Waals surface area (Å²) in [5, 5.41) is -0.910. The molecule has 0 spiro atoms. The van der Waals surface area contributed by atoms with E-state index in [1.165, 1.54) is 0 Å². The molecule has 4 nitrogen and oxygen atoms in total. The molecule has 1 heterocycles. The van der Waals surface area contributed by atoms with E-state index < -0.39 is 31.7 Å². The lowest BCUT2D eigenvalue weighted by Gasteiger charge is -2.11. The molecule has 0 amide bonds. The number of aromatic nitrogens is 1. The van der Waals surface area contributed by atoms with Gasteiger partial charge in [-0.2, -0.15) is 13.2 Å². The summed E-state index contributed by atoms with van der Waals surface area (Å²) in [6.45, 7) is -0.0586. The Bertz CT molecular complexity index is 764. The molecule has 0 aliphatic rings. The zero-order chi connectivity index (χ0) is 16.4. The van der Waals surface area contributed by atoms with Gasteiger partial charge in [-0.05, 0) is 11.6 Å². The summed E-state index contributed by atoms with van der Waals surface area (Å²) in [5.41, 5.74) is -0.512. The van der Waals surface area contributed by atoms with Gasteiger partial charge < -0.3 is 4.74 Å². The lowest BCUT2D eigenvalue weighted by atomic mass is 10.2. The molecule has 2 aromatic rings. The molecule has 0 radical (unpaired) electrons. The van der Waals surface area contributed by atoms with Crippen LogP contribution >= 0.6 is 10.7 Å². The van der Waals surface area contributed by atoms with Crippen molar-refractivity contribution < 1.29 is 26.3 Å². The molecular formula is C13H9ClF3NO3S. The molecule has 9 heteroatoms. The highest BCUT2D eigenvalue weighted by molar-refractivity contribution is 8.13. The largest absolute Gasteiger partial charge is 0.473 e. The van der Waals surface area contributed by atoms with Crippen LogP contribution in [0, 0.1) is 0 Å². The second kappa shape index (κ2) is 6.13. The van der Waals surface area contributed by atoms with Gasteiger partial charge in [0.2, 0.25) is 5.88 Å². The summed E-state index contributed by atoms with van der Waals surface area (Å²) < 4.78 is 65.9. The Labute approximate surface area is 128 Å². The Hall–Kier alpha value is -1.80. The number of pyridine rings is 1. The van der Waals surface area contributed by atoms with Gasteiger partial charge in [-0.3, -0.25) is 0 Å². The first-order valence-electron chi connectivity index (χ1n) is 5.87. The van der Waals surface area contributed by atoms with Crippen molar-refractivity contribution in [3.63, 3.8) is 0 Å². The van der Waals surface area contributed by atoms with Crippen LogP contribution in [0.5, 0.6) is 5.88 Å². The maximum Gasteiger partial charge on any atom is 0.416 e. The van der Waals surface area contributed by atoms with Crippen LogP contribution in [0.2, 0.25) is 0 Å². The molecule has 118 valence electrons. The Morgan fingerprint density at radius 1 is 1.14 bits per heavy atom. The monoisotopic (exact) mass is 351 g/mol. The van der Waals surface area contributed by atoms with Crippen molar-refractivity contribution in [3.05, 3.63) is 53.6 Å². The van der Waals surface area contributed by atoms with Gasteiger partial charge in [-0.15, -0.1) is 0 Å². The predicted octanol–water partition coefficient (Wildman–Crippen LogP) is 3.61. The molecule has 2 rings (SSSR count). The van der Waals surface area contributed by atoms with E-state index in [1.54, 1.807) is 30.3 Å². The standard InChI is InChI=1S/C13H9ClF3NO3S/c14-22(19,20)12-7-10(13(15,16)17)6-11(18-12)21-8-9-4-2-1-3-5-9/h1-7H,8H2. The Morgan fingerprint density at radius 3 is 2.32 bits per heavy atom. The maximum atomic E-state index is 12.8. The molecule has 0 unspecified atom stereocenters. The summed E-state index contributed by atoms with van der Waals surface area (Å²) in [6, 6.07) is 9.61. The SMILES string of the molecule is O=S(=O)(Cl)c1cc(C(F)(F)F)cc(OCc2ccccc2)n1. The van der Waals surface area contributed by atoms with Crippen LogP contribution in [0.3, 0.4) is 0 Å². The van der Waals surface area contributed by atoms with Gasteiger partial charge >= 0.3 is 6.18 Å². The molecule has 0 saturated carbocycles. The van der Waals surface area contributed by atoms with Crippen LogP contribution < -0.4 is 4.74 Å². The Kier molecular flexibility index (Phi) is 4.62.